The Balaban J connectivity index is 1.47. The lowest BCUT2D eigenvalue weighted by molar-refractivity contribution is -0.113. The van der Waals surface area contributed by atoms with Crippen molar-refractivity contribution in [2.24, 2.45) is 0 Å². The summed E-state index contributed by atoms with van der Waals surface area (Å²) in [6.45, 7) is 7.73. The first-order chi connectivity index (χ1) is 22.0. The molecule has 11 heteroatoms. The first kappa shape index (κ1) is 33.8. The van der Waals surface area contributed by atoms with Crippen LogP contribution in [-0.4, -0.2) is 42.7 Å². The maximum atomic E-state index is 13.5. The largest absolute Gasteiger partial charge is 0.457 e. The van der Waals surface area contributed by atoms with Crippen LogP contribution in [0.4, 0.5) is 4.79 Å². The van der Waals surface area contributed by atoms with E-state index >= 15 is 0 Å². The van der Waals surface area contributed by atoms with Crippen LogP contribution in [-0.2, 0) is 14.3 Å². The SMILES string of the molecule is CCOC(NC=O)c1ccc(Oc2cc(Oc3ccc(C#N)cc3)cc(C(=O)NC3CCC(NC(=O)OC(C)(C)C)CC3)c2)cc1. The van der Waals surface area contributed by atoms with E-state index in [9.17, 15) is 14.4 Å². The van der Waals surface area contributed by atoms with Gasteiger partial charge < -0.3 is 34.9 Å². The maximum Gasteiger partial charge on any atom is 0.407 e. The van der Waals surface area contributed by atoms with Crippen LogP contribution in [0.25, 0.3) is 0 Å². The molecule has 4 rings (SSSR count). The van der Waals surface area contributed by atoms with E-state index in [4.69, 9.17) is 24.2 Å². The highest BCUT2D eigenvalue weighted by Crippen LogP contribution is 2.32. The van der Waals surface area contributed by atoms with Gasteiger partial charge in [-0.25, -0.2) is 4.79 Å². The summed E-state index contributed by atoms with van der Waals surface area (Å²) in [5.74, 6) is 1.46. The van der Waals surface area contributed by atoms with Crippen LogP contribution < -0.4 is 25.4 Å². The summed E-state index contributed by atoms with van der Waals surface area (Å²) in [5.41, 5.74) is 1.02. The van der Waals surface area contributed by atoms with Crippen LogP contribution in [0, 0.1) is 11.3 Å². The number of amides is 3. The number of rotatable bonds is 12. The Bertz CT molecular complexity index is 1520. The first-order valence-electron chi connectivity index (χ1n) is 15.3. The normalized spacial score (nSPS) is 16.7. The van der Waals surface area contributed by atoms with Crippen LogP contribution in [0.5, 0.6) is 23.0 Å². The van der Waals surface area contributed by atoms with Crippen molar-refractivity contribution in [1.29, 1.82) is 5.26 Å². The van der Waals surface area contributed by atoms with Crippen molar-refractivity contribution in [1.82, 2.24) is 16.0 Å². The quantitative estimate of drug-likeness (QED) is 0.152. The zero-order chi connectivity index (χ0) is 33.1. The van der Waals surface area contributed by atoms with Gasteiger partial charge in [-0.05, 0) is 102 Å². The number of hydrogen-bond acceptors (Lipinski definition) is 8. The summed E-state index contributed by atoms with van der Waals surface area (Å²) >= 11 is 0. The number of alkyl carbamates (subject to hydrolysis) is 1. The molecule has 1 aliphatic rings. The number of ether oxygens (including phenoxy) is 4. The van der Waals surface area contributed by atoms with Crippen LogP contribution in [0.1, 0.15) is 81.1 Å². The molecule has 3 N–H and O–H groups in total. The number of hydrogen-bond donors (Lipinski definition) is 3. The van der Waals surface area contributed by atoms with Gasteiger partial charge in [0.1, 0.15) is 28.6 Å². The van der Waals surface area contributed by atoms with Gasteiger partial charge in [-0.1, -0.05) is 12.1 Å². The minimum absolute atomic E-state index is 0.0171. The van der Waals surface area contributed by atoms with Gasteiger partial charge in [0.15, 0.2) is 6.23 Å². The second kappa shape index (κ2) is 15.8. The molecule has 1 aliphatic carbocycles. The van der Waals surface area contributed by atoms with Crippen LogP contribution in [0.3, 0.4) is 0 Å². The zero-order valence-corrected chi connectivity index (χ0v) is 26.5. The molecule has 0 heterocycles. The van der Waals surface area contributed by atoms with Gasteiger partial charge in [0.05, 0.1) is 11.6 Å². The Morgan fingerprint density at radius 3 is 1.91 bits per heavy atom. The third-order valence-electron chi connectivity index (χ3n) is 7.12. The average molecular weight is 629 g/mol. The smallest absolute Gasteiger partial charge is 0.407 e. The van der Waals surface area contributed by atoms with Crippen molar-refractivity contribution in [3.63, 3.8) is 0 Å². The van der Waals surface area contributed by atoms with Gasteiger partial charge in [-0.3, -0.25) is 9.59 Å². The molecule has 0 aromatic heterocycles. The van der Waals surface area contributed by atoms with Crippen molar-refractivity contribution in [2.45, 2.75) is 77.3 Å². The van der Waals surface area contributed by atoms with Gasteiger partial charge >= 0.3 is 6.09 Å². The first-order valence-corrected chi connectivity index (χ1v) is 15.3. The Morgan fingerprint density at radius 1 is 0.870 bits per heavy atom. The molecule has 0 saturated heterocycles. The number of nitrogens with zero attached hydrogens (tertiary/aromatic N) is 1. The zero-order valence-electron chi connectivity index (χ0n) is 26.5. The predicted molar refractivity (Wildman–Crippen MR) is 171 cm³/mol. The molecule has 0 bridgehead atoms. The molecule has 11 nitrogen and oxygen atoms in total. The summed E-state index contributed by atoms with van der Waals surface area (Å²) in [6, 6.07) is 20.6. The molecule has 1 saturated carbocycles. The second-order valence-corrected chi connectivity index (χ2v) is 11.9. The Kier molecular flexibility index (Phi) is 11.6. The third-order valence-corrected chi connectivity index (χ3v) is 7.12. The van der Waals surface area contributed by atoms with Crippen molar-refractivity contribution in [2.75, 3.05) is 6.61 Å². The lowest BCUT2D eigenvalue weighted by Gasteiger charge is -2.30. The molecular weight excluding hydrogens is 588 g/mol. The topological polar surface area (TPSA) is 148 Å². The average Bonchev–Trinajstić information content (AvgIpc) is 3.01. The van der Waals surface area contributed by atoms with Gasteiger partial charge in [-0.15, -0.1) is 0 Å². The molecule has 46 heavy (non-hydrogen) atoms. The fourth-order valence-electron chi connectivity index (χ4n) is 5.00. The molecule has 242 valence electrons. The summed E-state index contributed by atoms with van der Waals surface area (Å²) < 4.78 is 23.1. The fraction of sp³-hybridized carbons (Fsp3) is 0.371. The number of nitriles is 1. The molecular formula is C35H40N4O7. The van der Waals surface area contributed by atoms with Crippen LogP contribution in [0.15, 0.2) is 66.7 Å². The fourth-order valence-corrected chi connectivity index (χ4v) is 5.00. The standard InChI is InChI=1S/C35H40N4O7/c1-5-43-33(37-22-40)24-8-16-29(17-9-24)45-31-19-25(18-30(20-31)44-28-14-6-23(21-36)7-15-28)32(41)38-26-10-12-27(13-11-26)39-34(42)46-35(2,3)4/h6-9,14-20,22,26-27,33H,5,10-13H2,1-4H3,(H,37,40)(H,38,41)(H,39,42). The van der Waals surface area contributed by atoms with Crippen LogP contribution >= 0.6 is 0 Å². The van der Waals surface area contributed by atoms with Crippen molar-refractivity contribution in [3.8, 4) is 29.1 Å². The van der Waals surface area contributed by atoms with E-state index < -0.39 is 17.9 Å². The molecule has 1 fully saturated rings. The van der Waals surface area contributed by atoms with Gasteiger partial charge in [0.25, 0.3) is 5.91 Å². The molecule has 1 unspecified atom stereocenters. The van der Waals surface area contributed by atoms with Crippen molar-refractivity contribution < 1.29 is 33.3 Å². The van der Waals surface area contributed by atoms with Crippen LogP contribution in [0.2, 0.25) is 0 Å². The molecule has 0 spiro atoms. The Morgan fingerprint density at radius 2 is 1.41 bits per heavy atom. The van der Waals surface area contributed by atoms with E-state index in [2.05, 4.69) is 22.0 Å². The van der Waals surface area contributed by atoms with Crippen molar-refractivity contribution >= 4 is 18.4 Å². The molecule has 1 atom stereocenters. The number of carbonyl (C=O) groups excluding carboxylic acids is 3. The van der Waals surface area contributed by atoms with E-state index in [1.54, 1.807) is 66.7 Å². The molecule has 0 radical (unpaired) electrons. The van der Waals surface area contributed by atoms with Gasteiger partial charge in [-0.2, -0.15) is 5.26 Å². The predicted octanol–water partition coefficient (Wildman–Crippen LogP) is 6.49. The number of carbonyl (C=O) groups is 3. The Labute approximate surface area is 269 Å². The lowest BCUT2D eigenvalue weighted by Crippen LogP contribution is -2.45. The highest BCUT2D eigenvalue weighted by Gasteiger charge is 2.26. The highest BCUT2D eigenvalue weighted by molar-refractivity contribution is 5.95. The monoisotopic (exact) mass is 628 g/mol. The molecule has 3 aromatic rings. The summed E-state index contributed by atoms with van der Waals surface area (Å²) in [5, 5.41) is 17.8. The van der Waals surface area contributed by atoms with Gasteiger partial charge in [0, 0.05) is 35.9 Å². The highest BCUT2D eigenvalue weighted by atomic mass is 16.6. The van der Waals surface area contributed by atoms with E-state index in [1.807, 2.05) is 27.7 Å². The van der Waals surface area contributed by atoms with E-state index in [1.165, 1.54) is 0 Å². The molecule has 0 aliphatic heterocycles. The molecule has 3 amide bonds. The second-order valence-electron chi connectivity index (χ2n) is 11.9. The molecule has 3 aromatic carbocycles. The lowest BCUT2D eigenvalue weighted by atomic mass is 9.91. The summed E-state index contributed by atoms with van der Waals surface area (Å²) in [6.07, 6.45) is 2.39. The van der Waals surface area contributed by atoms with E-state index in [-0.39, 0.29) is 18.0 Å². The maximum absolute atomic E-state index is 13.5. The third kappa shape index (κ3) is 10.2. The minimum atomic E-state index is -0.584. The summed E-state index contributed by atoms with van der Waals surface area (Å²) in [7, 11) is 0. The number of nitrogens with one attached hydrogen (secondary N) is 3. The van der Waals surface area contributed by atoms with E-state index in [0.29, 0.717) is 72.8 Å². The van der Waals surface area contributed by atoms with Gasteiger partial charge in [0.2, 0.25) is 6.41 Å². The van der Waals surface area contributed by atoms with E-state index in [0.717, 1.165) is 5.56 Å². The van der Waals surface area contributed by atoms with Crippen molar-refractivity contribution in [3.05, 3.63) is 83.4 Å². The summed E-state index contributed by atoms with van der Waals surface area (Å²) in [4.78, 5) is 36.6. The Hall–Kier alpha value is -5.08. The number of benzene rings is 3. The minimum Gasteiger partial charge on any atom is -0.457 e.